The number of benzene rings is 2. The van der Waals surface area contributed by atoms with Crippen LogP contribution in [-0.4, -0.2) is 29.0 Å². The number of amides is 1. The van der Waals surface area contributed by atoms with E-state index in [2.05, 4.69) is 21.4 Å². The summed E-state index contributed by atoms with van der Waals surface area (Å²) in [4.78, 5) is 23.4. The zero-order valence-corrected chi connectivity index (χ0v) is 15.2. The molecule has 136 valence electrons. The molecule has 27 heavy (non-hydrogen) atoms. The summed E-state index contributed by atoms with van der Waals surface area (Å²) in [7, 11) is 1.61. The number of ether oxygens (including phenoxy) is 1. The third kappa shape index (κ3) is 3.21. The van der Waals surface area contributed by atoms with Crippen LogP contribution in [0.15, 0.2) is 60.9 Å². The van der Waals surface area contributed by atoms with Gasteiger partial charge in [0.25, 0.3) is 5.91 Å². The standard InChI is InChI=1S/C21H20N4O2/c1-14-11-15-7-3-5-9-18(15)25(14)21(26)17-12-23-20(13-22-17)24-16-8-4-6-10-19(16)27-2/h3-10,12-14H,11H2,1-2H3,(H,23,24). The van der Waals surface area contributed by atoms with Crippen LogP contribution in [0.1, 0.15) is 23.0 Å². The van der Waals surface area contributed by atoms with E-state index in [-0.39, 0.29) is 11.9 Å². The summed E-state index contributed by atoms with van der Waals surface area (Å²) < 4.78 is 5.32. The van der Waals surface area contributed by atoms with Gasteiger partial charge in [-0.05, 0) is 37.1 Å². The Morgan fingerprint density at radius 3 is 2.67 bits per heavy atom. The van der Waals surface area contributed by atoms with E-state index >= 15 is 0 Å². The molecular formula is C21H20N4O2. The van der Waals surface area contributed by atoms with E-state index in [1.54, 1.807) is 18.2 Å². The van der Waals surface area contributed by atoms with Gasteiger partial charge in [-0.25, -0.2) is 9.97 Å². The maximum atomic E-state index is 13.0. The number of nitrogens with one attached hydrogen (secondary N) is 1. The molecule has 0 bridgehead atoms. The van der Waals surface area contributed by atoms with Gasteiger partial charge in [0.05, 0.1) is 25.2 Å². The Kier molecular flexibility index (Phi) is 4.46. The Bertz CT molecular complexity index is 972. The fourth-order valence-electron chi connectivity index (χ4n) is 3.39. The summed E-state index contributed by atoms with van der Waals surface area (Å²) >= 11 is 0. The number of carbonyl (C=O) groups is 1. The number of para-hydroxylation sites is 3. The predicted molar refractivity (Wildman–Crippen MR) is 105 cm³/mol. The molecule has 3 aromatic rings. The molecule has 0 fully saturated rings. The summed E-state index contributed by atoms with van der Waals surface area (Å²) in [6.07, 6.45) is 3.92. The molecule has 4 rings (SSSR count). The average molecular weight is 360 g/mol. The second-order valence-electron chi connectivity index (χ2n) is 6.47. The molecule has 0 saturated heterocycles. The number of methoxy groups -OCH3 is 1. The zero-order chi connectivity index (χ0) is 18.8. The van der Waals surface area contributed by atoms with Crippen molar-refractivity contribution in [3.05, 3.63) is 72.2 Å². The van der Waals surface area contributed by atoms with Crippen molar-refractivity contribution < 1.29 is 9.53 Å². The van der Waals surface area contributed by atoms with Gasteiger partial charge in [0.1, 0.15) is 17.3 Å². The van der Waals surface area contributed by atoms with E-state index < -0.39 is 0 Å². The molecule has 0 saturated carbocycles. The van der Waals surface area contributed by atoms with Crippen molar-refractivity contribution in [1.82, 2.24) is 9.97 Å². The van der Waals surface area contributed by atoms with Crippen LogP contribution in [0.2, 0.25) is 0 Å². The Labute approximate surface area is 157 Å². The normalized spacial score (nSPS) is 15.3. The Balaban J connectivity index is 1.55. The van der Waals surface area contributed by atoms with Gasteiger partial charge in [0.15, 0.2) is 0 Å². The minimum absolute atomic E-state index is 0.100. The molecule has 1 N–H and O–H groups in total. The molecule has 6 nitrogen and oxygen atoms in total. The van der Waals surface area contributed by atoms with Crippen molar-refractivity contribution in [3.63, 3.8) is 0 Å². The van der Waals surface area contributed by atoms with Gasteiger partial charge >= 0.3 is 0 Å². The second kappa shape index (κ2) is 7.07. The topological polar surface area (TPSA) is 67.3 Å². The largest absolute Gasteiger partial charge is 0.495 e. The molecule has 0 aliphatic carbocycles. The van der Waals surface area contributed by atoms with Gasteiger partial charge < -0.3 is 15.0 Å². The monoisotopic (exact) mass is 360 g/mol. The molecule has 2 aromatic carbocycles. The fraction of sp³-hybridized carbons (Fsp3) is 0.190. The van der Waals surface area contributed by atoms with Gasteiger partial charge in [-0.3, -0.25) is 4.79 Å². The van der Waals surface area contributed by atoms with Crippen LogP contribution in [0.5, 0.6) is 5.75 Å². The van der Waals surface area contributed by atoms with Crippen LogP contribution in [0.25, 0.3) is 0 Å². The number of fused-ring (bicyclic) bond motifs is 1. The fourth-order valence-corrected chi connectivity index (χ4v) is 3.39. The van der Waals surface area contributed by atoms with Crippen LogP contribution in [0.4, 0.5) is 17.2 Å². The van der Waals surface area contributed by atoms with Crippen molar-refractivity contribution >= 4 is 23.1 Å². The van der Waals surface area contributed by atoms with Gasteiger partial charge in [-0.2, -0.15) is 0 Å². The maximum absolute atomic E-state index is 13.0. The summed E-state index contributed by atoms with van der Waals surface area (Å²) in [5, 5.41) is 3.16. The van der Waals surface area contributed by atoms with Crippen LogP contribution >= 0.6 is 0 Å². The van der Waals surface area contributed by atoms with Crippen molar-refractivity contribution in [2.24, 2.45) is 0 Å². The number of hydrogen-bond acceptors (Lipinski definition) is 5. The van der Waals surface area contributed by atoms with Gasteiger partial charge in [-0.15, -0.1) is 0 Å². The number of carbonyl (C=O) groups excluding carboxylic acids is 1. The SMILES string of the molecule is COc1ccccc1Nc1cnc(C(=O)N2c3ccccc3CC2C)cn1. The second-order valence-corrected chi connectivity index (χ2v) is 6.47. The number of aromatic nitrogens is 2. The first-order chi connectivity index (χ1) is 13.2. The summed E-state index contributed by atoms with van der Waals surface area (Å²) in [5.74, 6) is 1.12. The first-order valence-electron chi connectivity index (χ1n) is 8.81. The van der Waals surface area contributed by atoms with Crippen LogP contribution in [-0.2, 0) is 6.42 Å². The highest BCUT2D eigenvalue weighted by atomic mass is 16.5. The zero-order valence-electron chi connectivity index (χ0n) is 15.2. The Morgan fingerprint density at radius 1 is 1.11 bits per heavy atom. The van der Waals surface area contributed by atoms with E-state index in [1.807, 2.05) is 49.4 Å². The van der Waals surface area contributed by atoms with Crippen LogP contribution in [0.3, 0.4) is 0 Å². The van der Waals surface area contributed by atoms with Gasteiger partial charge in [0.2, 0.25) is 0 Å². The van der Waals surface area contributed by atoms with E-state index in [0.29, 0.717) is 17.3 Å². The van der Waals surface area contributed by atoms with Crippen LogP contribution in [0, 0.1) is 0 Å². The molecule has 1 atom stereocenters. The number of nitrogens with zero attached hydrogens (tertiary/aromatic N) is 3. The van der Waals surface area contributed by atoms with Crippen molar-refractivity contribution in [2.45, 2.75) is 19.4 Å². The number of rotatable bonds is 4. The molecule has 1 aromatic heterocycles. The van der Waals surface area contributed by atoms with E-state index in [9.17, 15) is 4.79 Å². The van der Waals surface area contributed by atoms with Crippen molar-refractivity contribution in [2.75, 3.05) is 17.3 Å². The molecule has 1 aliphatic heterocycles. The first kappa shape index (κ1) is 17.0. The lowest BCUT2D eigenvalue weighted by atomic mass is 10.1. The lowest BCUT2D eigenvalue weighted by molar-refractivity contribution is 0.0976. The molecule has 2 heterocycles. The highest BCUT2D eigenvalue weighted by Crippen LogP contribution is 2.33. The quantitative estimate of drug-likeness (QED) is 0.766. The number of anilines is 3. The van der Waals surface area contributed by atoms with Crippen molar-refractivity contribution in [1.29, 1.82) is 0 Å². The Morgan fingerprint density at radius 2 is 1.89 bits per heavy atom. The average Bonchev–Trinajstić information content (AvgIpc) is 3.04. The summed E-state index contributed by atoms with van der Waals surface area (Å²) in [5.41, 5.74) is 3.24. The third-order valence-electron chi connectivity index (χ3n) is 4.67. The molecule has 0 radical (unpaired) electrons. The first-order valence-corrected chi connectivity index (χ1v) is 8.81. The molecule has 6 heteroatoms. The lowest BCUT2D eigenvalue weighted by Gasteiger charge is -2.22. The highest BCUT2D eigenvalue weighted by Gasteiger charge is 2.31. The van der Waals surface area contributed by atoms with E-state index in [0.717, 1.165) is 17.8 Å². The summed E-state index contributed by atoms with van der Waals surface area (Å²) in [6, 6.07) is 15.6. The minimum Gasteiger partial charge on any atom is -0.495 e. The van der Waals surface area contributed by atoms with Crippen molar-refractivity contribution in [3.8, 4) is 5.75 Å². The predicted octanol–water partition coefficient (Wildman–Crippen LogP) is 3.82. The van der Waals surface area contributed by atoms with Gasteiger partial charge in [-0.1, -0.05) is 30.3 Å². The Hall–Kier alpha value is -3.41. The molecule has 1 unspecified atom stereocenters. The maximum Gasteiger partial charge on any atom is 0.278 e. The smallest absolute Gasteiger partial charge is 0.278 e. The van der Waals surface area contributed by atoms with E-state index in [4.69, 9.17) is 4.74 Å². The molecule has 1 amide bonds. The lowest BCUT2D eigenvalue weighted by Crippen LogP contribution is -2.36. The highest BCUT2D eigenvalue weighted by molar-refractivity contribution is 6.06. The summed E-state index contributed by atoms with van der Waals surface area (Å²) in [6.45, 7) is 2.04. The van der Waals surface area contributed by atoms with Gasteiger partial charge in [0, 0.05) is 11.7 Å². The molecule has 0 spiro atoms. The third-order valence-corrected chi connectivity index (χ3v) is 4.67. The minimum atomic E-state index is -0.135. The van der Waals surface area contributed by atoms with Crippen LogP contribution < -0.4 is 15.0 Å². The molecule has 1 aliphatic rings. The number of hydrogen-bond donors (Lipinski definition) is 1. The molecular weight excluding hydrogens is 340 g/mol. The van der Waals surface area contributed by atoms with E-state index in [1.165, 1.54) is 11.8 Å².